The van der Waals surface area contributed by atoms with Gasteiger partial charge in [-0.3, -0.25) is 4.79 Å². The van der Waals surface area contributed by atoms with Crippen LogP contribution in [0.1, 0.15) is 49.5 Å². The Morgan fingerprint density at radius 2 is 1.96 bits per heavy atom. The van der Waals surface area contributed by atoms with Crippen LogP contribution in [0.5, 0.6) is 0 Å². The summed E-state index contributed by atoms with van der Waals surface area (Å²) in [5.41, 5.74) is 2.76. The Bertz CT molecular complexity index is 740. The van der Waals surface area contributed by atoms with Crippen molar-refractivity contribution >= 4 is 17.4 Å². The van der Waals surface area contributed by atoms with Crippen LogP contribution in [0.3, 0.4) is 0 Å². The minimum absolute atomic E-state index is 0.134. The molecule has 5 nitrogen and oxygen atoms in total. The van der Waals surface area contributed by atoms with E-state index in [9.17, 15) is 4.79 Å². The van der Waals surface area contributed by atoms with Gasteiger partial charge in [0.05, 0.1) is 0 Å². The number of nitrogens with zero attached hydrogens (tertiary/aromatic N) is 3. The standard InChI is InChI=1S/C21H26N4O/c1-2-25(18-11-7-4-8-12-18)21(26)19-13-14-20(24-23-19)22-16-15-17-9-5-3-6-10-17/h4,7-9,11-14H,2-3,5-6,10,15-16H2,1H3,(H,22,24). The maximum Gasteiger partial charge on any atom is 0.278 e. The summed E-state index contributed by atoms with van der Waals surface area (Å²) in [6.07, 6.45) is 8.45. The van der Waals surface area contributed by atoms with Crippen molar-refractivity contribution < 1.29 is 4.79 Å². The first-order valence-corrected chi connectivity index (χ1v) is 9.40. The van der Waals surface area contributed by atoms with Crippen LogP contribution in [0.15, 0.2) is 54.1 Å². The van der Waals surface area contributed by atoms with Crippen LogP contribution in [0.25, 0.3) is 0 Å². The van der Waals surface area contributed by atoms with Gasteiger partial charge < -0.3 is 10.2 Å². The highest BCUT2D eigenvalue weighted by molar-refractivity contribution is 6.04. The molecule has 1 heterocycles. The number of aromatic nitrogens is 2. The zero-order valence-electron chi connectivity index (χ0n) is 15.3. The average molecular weight is 350 g/mol. The normalized spacial score (nSPS) is 13.8. The van der Waals surface area contributed by atoms with Crippen molar-refractivity contribution in [3.05, 3.63) is 59.8 Å². The third-order valence-corrected chi connectivity index (χ3v) is 4.65. The maximum absolute atomic E-state index is 12.7. The summed E-state index contributed by atoms with van der Waals surface area (Å²) < 4.78 is 0. The summed E-state index contributed by atoms with van der Waals surface area (Å²) in [6.45, 7) is 3.38. The molecule has 1 aliphatic carbocycles. The predicted molar refractivity (Wildman–Crippen MR) is 105 cm³/mol. The Morgan fingerprint density at radius 3 is 2.62 bits per heavy atom. The molecule has 0 saturated carbocycles. The highest BCUT2D eigenvalue weighted by Crippen LogP contribution is 2.20. The molecule has 0 fully saturated rings. The van der Waals surface area contributed by atoms with Crippen molar-refractivity contribution in [1.29, 1.82) is 0 Å². The van der Waals surface area contributed by atoms with Gasteiger partial charge in [-0.25, -0.2) is 0 Å². The van der Waals surface area contributed by atoms with E-state index in [1.807, 2.05) is 43.3 Å². The van der Waals surface area contributed by atoms with E-state index in [4.69, 9.17) is 0 Å². The third kappa shape index (κ3) is 4.69. The minimum Gasteiger partial charge on any atom is -0.368 e. The molecule has 0 spiro atoms. The third-order valence-electron chi connectivity index (χ3n) is 4.65. The first kappa shape index (κ1) is 18.1. The summed E-state index contributed by atoms with van der Waals surface area (Å²) in [4.78, 5) is 14.4. The van der Waals surface area contributed by atoms with Crippen LogP contribution in [0.4, 0.5) is 11.5 Å². The van der Waals surface area contributed by atoms with Crippen molar-refractivity contribution in [1.82, 2.24) is 10.2 Å². The molecule has 0 radical (unpaired) electrons. The molecular formula is C21H26N4O. The van der Waals surface area contributed by atoms with Crippen molar-refractivity contribution in [2.45, 2.75) is 39.0 Å². The van der Waals surface area contributed by atoms with Gasteiger partial charge in [0.2, 0.25) is 0 Å². The molecule has 1 amide bonds. The SMILES string of the molecule is CCN(C(=O)c1ccc(NCCC2=CCCCC2)nn1)c1ccccc1. The Balaban J connectivity index is 1.57. The highest BCUT2D eigenvalue weighted by atomic mass is 16.2. The van der Waals surface area contributed by atoms with Crippen LogP contribution in [-0.2, 0) is 0 Å². The van der Waals surface area contributed by atoms with Crippen LogP contribution >= 0.6 is 0 Å². The van der Waals surface area contributed by atoms with E-state index in [1.165, 1.54) is 31.3 Å². The van der Waals surface area contributed by atoms with Crippen molar-refractivity contribution in [2.75, 3.05) is 23.3 Å². The van der Waals surface area contributed by atoms with Crippen LogP contribution in [0, 0.1) is 0 Å². The lowest BCUT2D eigenvalue weighted by Gasteiger charge is -2.20. The highest BCUT2D eigenvalue weighted by Gasteiger charge is 2.17. The number of anilines is 2. The molecular weight excluding hydrogens is 324 g/mol. The molecule has 5 heteroatoms. The Hall–Kier alpha value is -2.69. The lowest BCUT2D eigenvalue weighted by Crippen LogP contribution is -2.31. The lowest BCUT2D eigenvalue weighted by molar-refractivity contribution is 0.0982. The fourth-order valence-corrected chi connectivity index (χ4v) is 3.21. The number of rotatable bonds is 7. The number of hydrogen-bond acceptors (Lipinski definition) is 4. The van der Waals surface area contributed by atoms with Crippen molar-refractivity contribution in [3.63, 3.8) is 0 Å². The van der Waals surface area contributed by atoms with E-state index in [1.54, 1.807) is 11.0 Å². The summed E-state index contributed by atoms with van der Waals surface area (Å²) >= 11 is 0. The van der Waals surface area contributed by atoms with Crippen LogP contribution < -0.4 is 10.2 Å². The van der Waals surface area contributed by atoms with Crippen molar-refractivity contribution in [3.8, 4) is 0 Å². The Morgan fingerprint density at radius 1 is 1.12 bits per heavy atom. The second-order valence-corrected chi connectivity index (χ2v) is 6.47. The minimum atomic E-state index is -0.134. The molecule has 136 valence electrons. The number of amides is 1. The lowest BCUT2D eigenvalue weighted by atomic mass is 9.97. The van der Waals surface area contributed by atoms with E-state index < -0.39 is 0 Å². The zero-order valence-corrected chi connectivity index (χ0v) is 15.3. The Labute approximate surface area is 155 Å². The van der Waals surface area contributed by atoms with E-state index in [-0.39, 0.29) is 5.91 Å². The summed E-state index contributed by atoms with van der Waals surface area (Å²) in [5.74, 6) is 0.575. The van der Waals surface area contributed by atoms with Gasteiger partial charge in [-0.15, -0.1) is 10.2 Å². The van der Waals surface area contributed by atoms with Gasteiger partial charge in [0, 0.05) is 18.8 Å². The molecule has 0 atom stereocenters. The predicted octanol–water partition coefficient (Wildman–Crippen LogP) is 4.45. The molecule has 0 unspecified atom stereocenters. The molecule has 0 aliphatic heterocycles. The number of carbonyl (C=O) groups is 1. The number of allylic oxidation sites excluding steroid dienone is 1. The Kier molecular flexibility index (Phi) is 6.36. The molecule has 3 rings (SSSR count). The molecule has 26 heavy (non-hydrogen) atoms. The van der Waals surface area contributed by atoms with Gasteiger partial charge in [0.1, 0.15) is 5.82 Å². The number of benzene rings is 1. The van der Waals surface area contributed by atoms with E-state index in [0.717, 1.165) is 18.7 Å². The zero-order chi connectivity index (χ0) is 18.2. The fraction of sp³-hybridized carbons (Fsp3) is 0.381. The molecule has 1 aliphatic rings. The molecule has 1 aromatic heterocycles. The summed E-state index contributed by atoms with van der Waals surface area (Å²) in [7, 11) is 0. The van der Waals surface area contributed by atoms with Gasteiger partial charge in [-0.2, -0.15) is 0 Å². The average Bonchev–Trinajstić information content (AvgIpc) is 2.71. The van der Waals surface area contributed by atoms with Gasteiger partial charge in [0.15, 0.2) is 5.69 Å². The first-order chi connectivity index (χ1) is 12.8. The topological polar surface area (TPSA) is 58.1 Å². The molecule has 1 N–H and O–H groups in total. The van der Waals surface area contributed by atoms with E-state index >= 15 is 0 Å². The second kappa shape index (κ2) is 9.13. The number of carbonyl (C=O) groups excluding carboxylic acids is 1. The quantitative estimate of drug-likeness (QED) is 0.750. The van der Waals surface area contributed by atoms with E-state index in [0.29, 0.717) is 18.1 Å². The van der Waals surface area contributed by atoms with Gasteiger partial charge in [-0.1, -0.05) is 29.8 Å². The van der Waals surface area contributed by atoms with Gasteiger partial charge in [0.25, 0.3) is 5.91 Å². The molecule has 1 aromatic carbocycles. The van der Waals surface area contributed by atoms with E-state index in [2.05, 4.69) is 21.6 Å². The second-order valence-electron chi connectivity index (χ2n) is 6.47. The maximum atomic E-state index is 12.7. The molecule has 0 bridgehead atoms. The summed E-state index contributed by atoms with van der Waals surface area (Å²) in [6, 6.07) is 13.2. The smallest absolute Gasteiger partial charge is 0.278 e. The fourth-order valence-electron chi connectivity index (χ4n) is 3.21. The first-order valence-electron chi connectivity index (χ1n) is 9.40. The largest absolute Gasteiger partial charge is 0.368 e. The number of para-hydroxylation sites is 1. The summed E-state index contributed by atoms with van der Waals surface area (Å²) in [5, 5.41) is 11.6. The molecule has 0 saturated heterocycles. The van der Waals surface area contributed by atoms with Gasteiger partial charge >= 0.3 is 0 Å². The van der Waals surface area contributed by atoms with Crippen LogP contribution in [-0.4, -0.2) is 29.2 Å². The molecule has 2 aromatic rings. The number of nitrogens with one attached hydrogen (secondary N) is 1. The van der Waals surface area contributed by atoms with Crippen LogP contribution in [0.2, 0.25) is 0 Å². The number of hydrogen-bond donors (Lipinski definition) is 1. The monoisotopic (exact) mass is 350 g/mol. The van der Waals surface area contributed by atoms with Crippen molar-refractivity contribution in [2.24, 2.45) is 0 Å². The van der Waals surface area contributed by atoms with Gasteiger partial charge in [-0.05, 0) is 63.3 Å².